The van der Waals surface area contributed by atoms with E-state index in [9.17, 15) is 13.6 Å². The maximum atomic E-state index is 13.3. The van der Waals surface area contributed by atoms with Gasteiger partial charge in [0.25, 0.3) is 0 Å². The zero-order chi connectivity index (χ0) is 15.5. The van der Waals surface area contributed by atoms with E-state index in [4.69, 9.17) is 0 Å². The Bertz CT molecular complexity index is 699. The Morgan fingerprint density at radius 2 is 1.91 bits per heavy atom. The number of hydrogen-bond acceptors (Lipinski definition) is 1. The second-order valence-electron chi connectivity index (χ2n) is 5.55. The average molecular weight is 301 g/mol. The number of nitrogens with zero attached hydrogens (tertiary/aromatic N) is 1. The molecular weight excluding hydrogens is 284 g/mol. The first-order valence-corrected chi connectivity index (χ1v) is 7.47. The lowest BCUT2D eigenvalue weighted by molar-refractivity contribution is -0.118. The summed E-state index contributed by atoms with van der Waals surface area (Å²) in [6.07, 6.45) is 2.45. The van der Waals surface area contributed by atoms with Crippen LogP contribution in [0.3, 0.4) is 0 Å². The van der Waals surface area contributed by atoms with Gasteiger partial charge in [0.1, 0.15) is 11.6 Å². The van der Waals surface area contributed by atoms with Crippen molar-refractivity contribution < 1.29 is 13.6 Å². The fraction of sp³-hybridized carbons (Fsp3) is 0.278. The Morgan fingerprint density at radius 3 is 2.73 bits per heavy atom. The van der Waals surface area contributed by atoms with Crippen LogP contribution in [0.5, 0.6) is 0 Å². The lowest BCUT2D eigenvalue weighted by atomic mass is 10.0. The predicted molar refractivity (Wildman–Crippen MR) is 81.8 cm³/mol. The number of halogens is 2. The zero-order valence-electron chi connectivity index (χ0n) is 12.2. The Morgan fingerprint density at radius 1 is 1.09 bits per heavy atom. The first-order valence-electron chi connectivity index (χ1n) is 7.47. The SMILES string of the molecule is O=C(CCc1cccc(F)c1)N1CCCc2cc(F)ccc21. The minimum absolute atomic E-state index is 0.00295. The quantitative estimate of drug-likeness (QED) is 0.842. The third kappa shape index (κ3) is 3.16. The predicted octanol–water partition coefficient (Wildman–Crippen LogP) is 3.88. The van der Waals surface area contributed by atoms with Crippen LogP contribution < -0.4 is 4.90 Å². The van der Waals surface area contributed by atoms with E-state index < -0.39 is 0 Å². The molecule has 0 aliphatic carbocycles. The van der Waals surface area contributed by atoms with Crippen molar-refractivity contribution in [2.24, 2.45) is 0 Å². The van der Waals surface area contributed by atoms with Crippen molar-refractivity contribution in [1.82, 2.24) is 0 Å². The van der Waals surface area contributed by atoms with E-state index in [2.05, 4.69) is 0 Å². The molecule has 1 amide bonds. The molecule has 22 heavy (non-hydrogen) atoms. The maximum Gasteiger partial charge on any atom is 0.227 e. The second-order valence-corrected chi connectivity index (χ2v) is 5.55. The van der Waals surface area contributed by atoms with Gasteiger partial charge in [-0.1, -0.05) is 12.1 Å². The third-order valence-electron chi connectivity index (χ3n) is 3.98. The molecule has 2 aromatic carbocycles. The largest absolute Gasteiger partial charge is 0.312 e. The second kappa shape index (κ2) is 6.26. The molecule has 2 nitrogen and oxygen atoms in total. The lowest BCUT2D eigenvalue weighted by Gasteiger charge is -2.29. The van der Waals surface area contributed by atoms with Crippen LogP contribution in [0.1, 0.15) is 24.0 Å². The molecule has 3 rings (SSSR count). The zero-order valence-corrected chi connectivity index (χ0v) is 12.2. The Kier molecular flexibility index (Phi) is 4.18. The van der Waals surface area contributed by atoms with Gasteiger partial charge in [-0.3, -0.25) is 4.79 Å². The van der Waals surface area contributed by atoms with E-state index in [1.807, 2.05) is 6.07 Å². The summed E-state index contributed by atoms with van der Waals surface area (Å²) >= 11 is 0. The highest BCUT2D eigenvalue weighted by Crippen LogP contribution is 2.28. The average Bonchev–Trinajstić information content (AvgIpc) is 2.52. The number of rotatable bonds is 3. The number of amides is 1. The number of fused-ring (bicyclic) bond motifs is 1. The summed E-state index contributed by atoms with van der Waals surface area (Å²) in [6, 6.07) is 10.9. The van der Waals surface area contributed by atoms with Gasteiger partial charge in [0.2, 0.25) is 5.91 Å². The Balaban J connectivity index is 1.71. The molecule has 0 aromatic heterocycles. The van der Waals surface area contributed by atoms with Gasteiger partial charge in [-0.2, -0.15) is 0 Å². The van der Waals surface area contributed by atoms with E-state index in [0.717, 1.165) is 29.7 Å². The van der Waals surface area contributed by atoms with Gasteiger partial charge in [-0.15, -0.1) is 0 Å². The molecule has 0 fully saturated rings. The van der Waals surface area contributed by atoms with Crippen LogP contribution in [0.15, 0.2) is 42.5 Å². The molecule has 1 heterocycles. The van der Waals surface area contributed by atoms with Crippen molar-refractivity contribution in [3.63, 3.8) is 0 Å². The highest BCUT2D eigenvalue weighted by Gasteiger charge is 2.22. The van der Waals surface area contributed by atoms with Gasteiger partial charge >= 0.3 is 0 Å². The number of anilines is 1. The topological polar surface area (TPSA) is 20.3 Å². The van der Waals surface area contributed by atoms with Crippen LogP contribution in [0.25, 0.3) is 0 Å². The lowest BCUT2D eigenvalue weighted by Crippen LogP contribution is -2.35. The van der Waals surface area contributed by atoms with E-state index in [-0.39, 0.29) is 17.5 Å². The van der Waals surface area contributed by atoms with Crippen LogP contribution in [0, 0.1) is 11.6 Å². The highest BCUT2D eigenvalue weighted by molar-refractivity contribution is 5.94. The monoisotopic (exact) mass is 301 g/mol. The molecule has 0 unspecified atom stereocenters. The van der Waals surface area contributed by atoms with Crippen LogP contribution in [-0.2, 0) is 17.6 Å². The molecule has 0 saturated heterocycles. The fourth-order valence-electron chi connectivity index (χ4n) is 2.90. The van der Waals surface area contributed by atoms with E-state index in [1.54, 1.807) is 17.0 Å². The summed E-state index contributed by atoms with van der Waals surface area (Å²) in [5.41, 5.74) is 2.49. The highest BCUT2D eigenvalue weighted by atomic mass is 19.1. The molecule has 4 heteroatoms. The number of carbonyl (C=O) groups excluding carboxylic acids is 1. The summed E-state index contributed by atoms with van der Waals surface area (Å²) in [7, 11) is 0. The Hall–Kier alpha value is -2.23. The smallest absolute Gasteiger partial charge is 0.227 e. The van der Waals surface area contributed by atoms with E-state index in [1.165, 1.54) is 24.3 Å². The minimum Gasteiger partial charge on any atom is -0.312 e. The van der Waals surface area contributed by atoms with Crippen molar-refractivity contribution in [3.05, 3.63) is 65.2 Å². The van der Waals surface area contributed by atoms with Gasteiger partial charge in [0.15, 0.2) is 0 Å². The minimum atomic E-state index is -0.288. The molecule has 0 spiro atoms. The molecule has 0 bridgehead atoms. The van der Waals surface area contributed by atoms with E-state index >= 15 is 0 Å². The maximum absolute atomic E-state index is 13.3. The molecule has 0 saturated carbocycles. The summed E-state index contributed by atoms with van der Waals surface area (Å²) < 4.78 is 26.4. The standard InChI is InChI=1S/C18H17F2NO/c19-15-5-1-3-13(11-15)6-9-18(22)21-10-2-4-14-12-16(20)7-8-17(14)21/h1,3,5,7-8,11-12H,2,4,6,9-10H2. The summed E-state index contributed by atoms with van der Waals surface area (Å²) in [4.78, 5) is 14.2. The van der Waals surface area contributed by atoms with Gasteiger partial charge in [0.05, 0.1) is 0 Å². The summed E-state index contributed by atoms with van der Waals surface area (Å²) in [6.45, 7) is 0.653. The van der Waals surface area contributed by atoms with Crippen LogP contribution in [0.4, 0.5) is 14.5 Å². The number of hydrogen-bond donors (Lipinski definition) is 0. The van der Waals surface area contributed by atoms with Gasteiger partial charge in [-0.05, 0) is 60.7 Å². The number of carbonyl (C=O) groups is 1. The van der Waals surface area contributed by atoms with Crippen molar-refractivity contribution in [3.8, 4) is 0 Å². The van der Waals surface area contributed by atoms with Crippen molar-refractivity contribution in [2.45, 2.75) is 25.7 Å². The van der Waals surface area contributed by atoms with Crippen molar-refractivity contribution in [2.75, 3.05) is 11.4 Å². The third-order valence-corrected chi connectivity index (χ3v) is 3.98. The van der Waals surface area contributed by atoms with Crippen molar-refractivity contribution >= 4 is 11.6 Å². The summed E-state index contributed by atoms with van der Waals surface area (Å²) in [5, 5.41) is 0. The van der Waals surface area contributed by atoms with Gasteiger partial charge < -0.3 is 4.90 Å². The van der Waals surface area contributed by atoms with Crippen LogP contribution >= 0.6 is 0 Å². The molecular formula is C18H17F2NO. The summed E-state index contributed by atoms with van der Waals surface area (Å²) in [5.74, 6) is -0.562. The van der Waals surface area contributed by atoms with Crippen LogP contribution in [-0.4, -0.2) is 12.5 Å². The van der Waals surface area contributed by atoms with Gasteiger partial charge in [0, 0.05) is 18.7 Å². The van der Waals surface area contributed by atoms with Crippen molar-refractivity contribution in [1.29, 1.82) is 0 Å². The number of benzene rings is 2. The van der Waals surface area contributed by atoms with Gasteiger partial charge in [-0.25, -0.2) is 8.78 Å². The molecule has 0 atom stereocenters. The fourth-order valence-corrected chi connectivity index (χ4v) is 2.90. The first-order chi connectivity index (χ1) is 10.6. The normalized spacial score (nSPS) is 13.8. The molecule has 2 aromatic rings. The Labute approximate surface area is 128 Å². The molecule has 0 radical (unpaired) electrons. The first kappa shape index (κ1) is 14.7. The molecule has 1 aliphatic rings. The molecule has 1 aliphatic heterocycles. The molecule has 114 valence electrons. The van der Waals surface area contributed by atoms with E-state index in [0.29, 0.717) is 19.4 Å². The van der Waals surface area contributed by atoms with Crippen LogP contribution in [0.2, 0.25) is 0 Å². The molecule has 0 N–H and O–H groups in total. The number of aryl methyl sites for hydroxylation is 2.